The Morgan fingerprint density at radius 2 is 1.45 bits per heavy atom. The second-order valence-electron chi connectivity index (χ2n) is 8.89. The lowest BCUT2D eigenvalue weighted by Crippen LogP contribution is -2.17. The Balaban J connectivity index is 1.27. The topological polar surface area (TPSA) is 27.7 Å². The normalized spacial score (nSPS) is 16.6. The lowest BCUT2D eigenvalue weighted by atomic mass is 9.84. The van der Waals surface area contributed by atoms with Gasteiger partial charge in [-0.25, -0.2) is 0 Å². The molecule has 0 N–H and O–H groups in total. The highest BCUT2D eigenvalue weighted by Gasteiger charge is 2.15. The van der Waals surface area contributed by atoms with Gasteiger partial charge in [-0.3, -0.25) is 0 Å². The molecule has 2 aromatic rings. The Morgan fingerprint density at radius 3 is 2.13 bits per heavy atom. The van der Waals surface area contributed by atoms with Crippen molar-refractivity contribution in [3.05, 3.63) is 59.7 Å². The summed E-state index contributed by atoms with van der Waals surface area (Å²) < 4.78 is 17.6. The first-order chi connectivity index (χ1) is 15.2. The maximum atomic E-state index is 5.90. The summed E-state index contributed by atoms with van der Waals surface area (Å²) in [6.45, 7) is 7.81. The second kappa shape index (κ2) is 12.8. The molecule has 3 rings (SSSR count). The van der Waals surface area contributed by atoms with Gasteiger partial charge in [0, 0.05) is 0 Å². The van der Waals surface area contributed by atoms with Crippen LogP contribution >= 0.6 is 0 Å². The number of hydrogen-bond donors (Lipinski definition) is 0. The smallest absolute Gasteiger partial charge is 0.196 e. The molecule has 2 atom stereocenters. The maximum absolute atomic E-state index is 5.90. The van der Waals surface area contributed by atoms with Crippen molar-refractivity contribution in [2.45, 2.75) is 90.3 Å². The number of ether oxygens (including phenoxy) is 3. The van der Waals surface area contributed by atoms with Crippen LogP contribution in [0, 0.1) is 0 Å². The minimum atomic E-state index is -0.248. The zero-order chi connectivity index (χ0) is 21.9. The van der Waals surface area contributed by atoms with Gasteiger partial charge in [0.15, 0.2) is 6.29 Å². The van der Waals surface area contributed by atoms with Crippen LogP contribution < -0.4 is 9.47 Å². The summed E-state index contributed by atoms with van der Waals surface area (Å²) in [5.74, 6) is 3.17. The van der Waals surface area contributed by atoms with Crippen molar-refractivity contribution >= 4 is 0 Å². The van der Waals surface area contributed by atoms with E-state index < -0.39 is 0 Å². The van der Waals surface area contributed by atoms with Gasteiger partial charge in [0.05, 0.1) is 13.2 Å². The van der Waals surface area contributed by atoms with Crippen molar-refractivity contribution in [3.8, 4) is 11.5 Å². The molecule has 0 bridgehead atoms. The highest BCUT2D eigenvalue weighted by atomic mass is 16.7. The van der Waals surface area contributed by atoms with Crippen molar-refractivity contribution in [2.24, 2.45) is 0 Å². The van der Waals surface area contributed by atoms with E-state index in [2.05, 4.69) is 50.2 Å². The minimum Gasteiger partial charge on any atom is -0.494 e. The fourth-order valence-corrected chi connectivity index (χ4v) is 4.25. The molecular formula is C28H40O3. The summed E-state index contributed by atoms with van der Waals surface area (Å²) in [4.78, 5) is 0. The van der Waals surface area contributed by atoms with Gasteiger partial charge in [0.25, 0.3) is 0 Å². The molecule has 1 aliphatic rings. The molecule has 3 nitrogen and oxygen atoms in total. The standard InChI is InChI=1S/C28H40O3/c1-4-22(2)24-12-18-28(19-13-24)31-23(3)29-20-8-9-21-30-27-16-14-26(15-17-27)25-10-6-5-7-11-25/h12-19,22-23,25H,4-11,20-21H2,1-3H3. The summed E-state index contributed by atoms with van der Waals surface area (Å²) in [6, 6.07) is 17.1. The van der Waals surface area contributed by atoms with Gasteiger partial charge < -0.3 is 14.2 Å². The molecule has 3 heteroatoms. The van der Waals surface area contributed by atoms with E-state index in [-0.39, 0.29) is 6.29 Å². The van der Waals surface area contributed by atoms with Crippen molar-refractivity contribution in [2.75, 3.05) is 13.2 Å². The fourth-order valence-electron chi connectivity index (χ4n) is 4.25. The number of hydrogen-bond acceptors (Lipinski definition) is 3. The van der Waals surface area contributed by atoms with E-state index in [1.54, 1.807) is 0 Å². The molecule has 0 heterocycles. The number of unbranched alkanes of at least 4 members (excludes halogenated alkanes) is 1. The highest BCUT2D eigenvalue weighted by molar-refractivity contribution is 5.30. The molecule has 0 saturated heterocycles. The van der Waals surface area contributed by atoms with Gasteiger partial charge in [0.2, 0.25) is 0 Å². The molecule has 170 valence electrons. The van der Waals surface area contributed by atoms with E-state index in [9.17, 15) is 0 Å². The van der Waals surface area contributed by atoms with Crippen LogP contribution in [0.1, 0.15) is 95.1 Å². The van der Waals surface area contributed by atoms with Crippen molar-refractivity contribution < 1.29 is 14.2 Å². The molecule has 0 spiro atoms. The van der Waals surface area contributed by atoms with Crippen LogP contribution in [0.2, 0.25) is 0 Å². The van der Waals surface area contributed by atoms with Gasteiger partial charge in [-0.1, -0.05) is 57.4 Å². The molecule has 31 heavy (non-hydrogen) atoms. The summed E-state index contributed by atoms with van der Waals surface area (Å²) in [5.41, 5.74) is 2.83. The summed E-state index contributed by atoms with van der Waals surface area (Å²) in [5, 5.41) is 0. The third-order valence-electron chi connectivity index (χ3n) is 6.48. The number of benzene rings is 2. The van der Waals surface area contributed by atoms with Crippen LogP contribution in [0.3, 0.4) is 0 Å². The molecule has 1 aliphatic carbocycles. The third kappa shape index (κ3) is 7.88. The van der Waals surface area contributed by atoms with Gasteiger partial charge in [-0.2, -0.15) is 0 Å². The Bertz CT molecular complexity index is 732. The van der Waals surface area contributed by atoms with Crippen LogP contribution in [0.5, 0.6) is 11.5 Å². The summed E-state index contributed by atoms with van der Waals surface area (Å²) in [7, 11) is 0. The molecule has 0 amide bonds. The minimum absolute atomic E-state index is 0.248. The average Bonchev–Trinajstić information content (AvgIpc) is 2.82. The molecule has 0 radical (unpaired) electrons. The van der Waals surface area contributed by atoms with Crippen LogP contribution in [-0.2, 0) is 4.74 Å². The van der Waals surface area contributed by atoms with Crippen molar-refractivity contribution in [3.63, 3.8) is 0 Å². The first kappa shape index (κ1) is 23.7. The largest absolute Gasteiger partial charge is 0.494 e. The van der Waals surface area contributed by atoms with Gasteiger partial charge in [-0.15, -0.1) is 0 Å². The maximum Gasteiger partial charge on any atom is 0.196 e. The Labute approximate surface area is 189 Å². The van der Waals surface area contributed by atoms with Crippen LogP contribution in [0.4, 0.5) is 0 Å². The van der Waals surface area contributed by atoms with Crippen LogP contribution in [0.15, 0.2) is 48.5 Å². The lowest BCUT2D eigenvalue weighted by molar-refractivity contribution is -0.0680. The van der Waals surface area contributed by atoms with Gasteiger partial charge >= 0.3 is 0 Å². The first-order valence-corrected chi connectivity index (χ1v) is 12.3. The Kier molecular flexibility index (Phi) is 9.74. The molecule has 1 fully saturated rings. The Hall–Kier alpha value is -2.00. The SMILES string of the molecule is CCC(C)c1ccc(OC(C)OCCCCOc2ccc(C3CCCCC3)cc2)cc1. The Morgan fingerprint density at radius 1 is 0.806 bits per heavy atom. The summed E-state index contributed by atoms with van der Waals surface area (Å²) in [6.07, 6.45) is 9.66. The first-order valence-electron chi connectivity index (χ1n) is 12.3. The van der Waals surface area contributed by atoms with E-state index in [0.717, 1.165) is 43.3 Å². The van der Waals surface area contributed by atoms with Crippen molar-refractivity contribution in [1.82, 2.24) is 0 Å². The molecule has 2 unspecified atom stereocenters. The quantitative estimate of drug-likeness (QED) is 0.256. The average molecular weight is 425 g/mol. The lowest BCUT2D eigenvalue weighted by Gasteiger charge is -2.22. The number of rotatable bonds is 12. The molecule has 1 saturated carbocycles. The predicted molar refractivity (Wildman–Crippen MR) is 128 cm³/mol. The third-order valence-corrected chi connectivity index (χ3v) is 6.48. The molecule has 0 aromatic heterocycles. The predicted octanol–water partition coefficient (Wildman–Crippen LogP) is 7.85. The van der Waals surface area contributed by atoms with Crippen molar-refractivity contribution in [1.29, 1.82) is 0 Å². The van der Waals surface area contributed by atoms with Crippen LogP contribution in [-0.4, -0.2) is 19.5 Å². The van der Waals surface area contributed by atoms with E-state index >= 15 is 0 Å². The molecule has 2 aromatic carbocycles. The van der Waals surface area contributed by atoms with E-state index in [1.165, 1.54) is 43.2 Å². The van der Waals surface area contributed by atoms with E-state index in [1.807, 2.05) is 19.1 Å². The van der Waals surface area contributed by atoms with E-state index in [0.29, 0.717) is 12.5 Å². The van der Waals surface area contributed by atoms with Gasteiger partial charge in [0.1, 0.15) is 11.5 Å². The summed E-state index contributed by atoms with van der Waals surface area (Å²) >= 11 is 0. The molecular weight excluding hydrogens is 384 g/mol. The van der Waals surface area contributed by atoms with E-state index in [4.69, 9.17) is 14.2 Å². The highest BCUT2D eigenvalue weighted by Crippen LogP contribution is 2.33. The van der Waals surface area contributed by atoms with Crippen LogP contribution in [0.25, 0.3) is 0 Å². The zero-order valence-electron chi connectivity index (χ0n) is 19.6. The zero-order valence-corrected chi connectivity index (χ0v) is 19.6. The monoisotopic (exact) mass is 424 g/mol. The molecule has 0 aliphatic heterocycles. The second-order valence-corrected chi connectivity index (χ2v) is 8.89. The van der Waals surface area contributed by atoms with Gasteiger partial charge in [-0.05, 0) is 86.3 Å². The fraction of sp³-hybridized carbons (Fsp3) is 0.571.